The van der Waals surface area contributed by atoms with Crippen LogP contribution in [0.15, 0.2) is 48.5 Å². The van der Waals surface area contributed by atoms with Gasteiger partial charge in [0.2, 0.25) is 10.0 Å². The first-order valence-corrected chi connectivity index (χ1v) is 12.4. The van der Waals surface area contributed by atoms with Crippen LogP contribution in [0.3, 0.4) is 0 Å². The summed E-state index contributed by atoms with van der Waals surface area (Å²) in [5.74, 6) is 0.105. The fourth-order valence-electron chi connectivity index (χ4n) is 4.06. The highest BCUT2D eigenvalue weighted by Gasteiger charge is 2.33. The third-order valence-electron chi connectivity index (χ3n) is 5.77. The molecule has 1 saturated heterocycles. The molecular formula is C22H28ClN3O3S. The molecule has 2 heterocycles. The van der Waals surface area contributed by atoms with E-state index in [4.69, 9.17) is 16.3 Å². The van der Waals surface area contributed by atoms with Crippen LogP contribution in [-0.2, 0) is 27.7 Å². The maximum absolute atomic E-state index is 13.5. The van der Waals surface area contributed by atoms with Crippen molar-refractivity contribution in [2.75, 3.05) is 50.5 Å². The SMILES string of the molecule is O=S(=O)(CCN1CCOCC1)N1Cc2cc(Cl)ccc2NCC1Cc1ccccc1. The number of halogens is 1. The Kier molecular flexibility index (Phi) is 6.95. The molecule has 0 amide bonds. The number of benzene rings is 2. The predicted octanol–water partition coefficient (Wildman–Crippen LogP) is 2.84. The molecule has 0 saturated carbocycles. The van der Waals surface area contributed by atoms with Crippen molar-refractivity contribution >= 4 is 27.3 Å². The van der Waals surface area contributed by atoms with Gasteiger partial charge in [0.25, 0.3) is 0 Å². The van der Waals surface area contributed by atoms with Crippen LogP contribution in [-0.4, -0.2) is 68.8 Å². The van der Waals surface area contributed by atoms with Gasteiger partial charge in [-0.2, -0.15) is 4.31 Å². The number of nitrogens with one attached hydrogen (secondary N) is 1. The summed E-state index contributed by atoms with van der Waals surface area (Å²) >= 11 is 6.21. The Labute approximate surface area is 183 Å². The molecule has 0 bridgehead atoms. The van der Waals surface area contributed by atoms with Crippen LogP contribution in [0.5, 0.6) is 0 Å². The minimum absolute atomic E-state index is 0.105. The van der Waals surface area contributed by atoms with Crippen molar-refractivity contribution in [3.8, 4) is 0 Å². The van der Waals surface area contributed by atoms with Crippen LogP contribution in [0.2, 0.25) is 5.02 Å². The van der Waals surface area contributed by atoms with Crippen molar-refractivity contribution in [2.45, 2.75) is 19.0 Å². The van der Waals surface area contributed by atoms with Crippen LogP contribution in [0.1, 0.15) is 11.1 Å². The molecular weight excluding hydrogens is 422 g/mol. The van der Waals surface area contributed by atoms with Crippen LogP contribution >= 0.6 is 11.6 Å². The van der Waals surface area contributed by atoms with E-state index in [0.717, 1.165) is 29.9 Å². The Morgan fingerprint density at radius 1 is 1.10 bits per heavy atom. The van der Waals surface area contributed by atoms with E-state index in [-0.39, 0.29) is 11.8 Å². The van der Waals surface area contributed by atoms with E-state index < -0.39 is 10.0 Å². The van der Waals surface area contributed by atoms with Crippen LogP contribution in [0, 0.1) is 0 Å². The molecule has 30 heavy (non-hydrogen) atoms. The lowest BCUT2D eigenvalue weighted by Gasteiger charge is -2.31. The Bertz CT molecular complexity index is 949. The molecule has 0 aliphatic carbocycles. The van der Waals surface area contributed by atoms with Crippen LogP contribution < -0.4 is 5.32 Å². The molecule has 2 aliphatic rings. The third-order valence-corrected chi connectivity index (χ3v) is 7.84. The van der Waals surface area contributed by atoms with E-state index in [1.165, 1.54) is 0 Å². The Morgan fingerprint density at radius 3 is 2.63 bits per heavy atom. The lowest BCUT2D eigenvalue weighted by atomic mass is 10.1. The number of hydrogen-bond acceptors (Lipinski definition) is 5. The van der Waals surface area contributed by atoms with Gasteiger partial charge in [0.15, 0.2) is 0 Å². The first-order valence-electron chi connectivity index (χ1n) is 10.4. The molecule has 1 atom stereocenters. The second-order valence-electron chi connectivity index (χ2n) is 7.84. The molecule has 0 spiro atoms. The lowest BCUT2D eigenvalue weighted by Crippen LogP contribution is -2.47. The van der Waals surface area contributed by atoms with Gasteiger partial charge in [-0.05, 0) is 35.7 Å². The van der Waals surface area contributed by atoms with E-state index in [1.807, 2.05) is 48.5 Å². The summed E-state index contributed by atoms with van der Waals surface area (Å²) < 4.78 is 34.0. The van der Waals surface area contributed by atoms with Crippen molar-refractivity contribution in [1.29, 1.82) is 0 Å². The molecule has 2 aromatic carbocycles. The summed E-state index contributed by atoms with van der Waals surface area (Å²) in [6, 6.07) is 15.5. The molecule has 1 unspecified atom stereocenters. The number of morpholine rings is 1. The minimum atomic E-state index is -3.46. The van der Waals surface area contributed by atoms with E-state index in [1.54, 1.807) is 4.31 Å². The summed E-state index contributed by atoms with van der Waals surface area (Å²) in [4.78, 5) is 2.16. The van der Waals surface area contributed by atoms with Crippen LogP contribution in [0.4, 0.5) is 5.69 Å². The van der Waals surface area contributed by atoms with Gasteiger partial charge in [-0.3, -0.25) is 4.90 Å². The molecule has 2 aliphatic heterocycles. The smallest absolute Gasteiger partial charge is 0.215 e. The summed E-state index contributed by atoms with van der Waals surface area (Å²) in [6.07, 6.45) is 0.659. The van der Waals surface area contributed by atoms with Crippen molar-refractivity contribution < 1.29 is 13.2 Å². The molecule has 8 heteroatoms. The minimum Gasteiger partial charge on any atom is -0.383 e. The molecule has 0 aromatic heterocycles. The Morgan fingerprint density at radius 2 is 1.87 bits per heavy atom. The molecule has 1 fully saturated rings. The van der Waals surface area contributed by atoms with Gasteiger partial charge >= 0.3 is 0 Å². The van der Waals surface area contributed by atoms with Crippen molar-refractivity contribution in [1.82, 2.24) is 9.21 Å². The van der Waals surface area contributed by atoms with Crippen LogP contribution in [0.25, 0.3) is 0 Å². The average Bonchev–Trinajstić information content (AvgIpc) is 2.94. The van der Waals surface area contributed by atoms with Gasteiger partial charge in [-0.1, -0.05) is 41.9 Å². The van der Waals surface area contributed by atoms with Gasteiger partial charge < -0.3 is 10.1 Å². The number of fused-ring (bicyclic) bond motifs is 1. The normalized spacial score (nSPS) is 20.9. The van der Waals surface area contributed by atoms with Crippen molar-refractivity contribution in [2.24, 2.45) is 0 Å². The quantitative estimate of drug-likeness (QED) is 0.734. The Hall–Kier alpha value is -1.64. The topological polar surface area (TPSA) is 61.9 Å². The lowest BCUT2D eigenvalue weighted by molar-refractivity contribution is 0.0406. The zero-order chi connectivity index (χ0) is 21.0. The molecule has 4 rings (SSSR count). The fraction of sp³-hybridized carbons (Fsp3) is 0.455. The monoisotopic (exact) mass is 449 g/mol. The second kappa shape index (κ2) is 9.66. The van der Waals surface area contributed by atoms with Gasteiger partial charge in [0.1, 0.15) is 0 Å². The summed E-state index contributed by atoms with van der Waals surface area (Å²) in [5, 5.41) is 4.05. The predicted molar refractivity (Wildman–Crippen MR) is 120 cm³/mol. The molecule has 1 N–H and O–H groups in total. The highest BCUT2D eigenvalue weighted by Crippen LogP contribution is 2.28. The average molecular weight is 450 g/mol. The number of ether oxygens (including phenoxy) is 1. The first-order chi connectivity index (χ1) is 14.5. The standard InChI is InChI=1S/C22H28ClN3O3S/c23-20-6-7-22-19(15-20)17-26(21(16-24-22)14-18-4-2-1-3-5-18)30(27,28)13-10-25-8-11-29-12-9-25/h1-7,15,21,24H,8-14,16-17H2. The third kappa shape index (κ3) is 5.34. The van der Waals surface area contributed by atoms with E-state index in [0.29, 0.717) is 44.3 Å². The van der Waals surface area contributed by atoms with Gasteiger partial charge in [-0.15, -0.1) is 0 Å². The fourth-order valence-corrected chi connectivity index (χ4v) is 5.92. The number of hydrogen-bond donors (Lipinski definition) is 1. The second-order valence-corrected chi connectivity index (χ2v) is 10.3. The first kappa shape index (κ1) is 21.6. The van der Waals surface area contributed by atoms with E-state index in [9.17, 15) is 8.42 Å². The van der Waals surface area contributed by atoms with Gasteiger partial charge in [0, 0.05) is 49.5 Å². The largest absolute Gasteiger partial charge is 0.383 e. The maximum atomic E-state index is 13.5. The molecule has 6 nitrogen and oxygen atoms in total. The number of sulfonamides is 1. The Balaban J connectivity index is 1.57. The zero-order valence-corrected chi connectivity index (χ0v) is 18.5. The molecule has 2 aromatic rings. The molecule has 162 valence electrons. The zero-order valence-electron chi connectivity index (χ0n) is 17.0. The van der Waals surface area contributed by atoms with E-state index >= 15 is 0 Å². The summed E-state index contributed by atoms with van der Waals surface area (Å²) in [5.41, 5.74) is 2.98. The van der Waals surface area contributed by atoms with Gasteiger partial charge in [0.05, 0.1) is 19.0 Å². The molecule has 0 radical (unpaired) electrons. The number of anilines is 1. The highest BCUT2D eigenvalue weighted by molar-refractivity contribution is 7.89. The highest BCUT2D eigenvalue weighted by atomic mass is 35.5. The number of nitrogens with zero attached hydrogens (tertiary/aromatic N) is 2. The maximum Gasteiger partial charge on any atom is 0.215 e. The van der Waals surface area contributed by atoms with Crippen molar-refractivity contribution in [3.05, 3.63) is 64.7 Å². The van der Waals surface area contributed by atoms with Crippen molar-refractivity contribution in [3.63, 3.8) is 0 Å². The number of rotatable bonds is 6. The van der Waals surface area contributed by atoms with E-state index in [2.05, 4.69) is 10.2 Å². The summed E-state index contributed by atoms with van der Waals surface area (Å²) in [7, 11) is -3.46. The van der Waals surface area contributed by atoms with Gasteiger partial charge in [-0.25, -0.2) is 8.42 Å². The summed E-state index contributed by atoms with van der Waals surface area (Å²) in [6.45, 7) is 4.29.